The van der Waals surface area contributed by atoms with Crippen LogP contribution >= 0.6 is 17.0 Å². The lowest BCUT2D eigenvalue weighted by Crippen LogP contribution is -2.38. The summed E-state index contributed by atoms with van der Waals surface area (Å²) >= 11 is 0. The van der Waals surface area contributed by atoms with Crippen molar-refractivity contribution in [2.45, 2.75) is 37.6 Å². The van der Waals surface area contributed by atoms with Crippen LogP contribution in [0.15, 0.2) is 0 Å². The SMILES string of the molecule is Br.NCCC1(N)CCCC1. The van der Waals surface area contributed by atoms with E-state index < -0.39 is 0 Å². The zero-order chi connectivity index (χ0) is 6.74. The van der Waals surface area contributed by atoms with Crippen molar-refractivity contribution in [2.75, 3.05) is 6.54 Å². The van der Waals surface area contributed by atoms with E-state index in [9.17, 15) is 0 Å². The summed E-state index contributed by atoms with van der Waals surface area (Å²) in [5, 5.41) is 0. The maximum atomic E-state index is 5.99. The Kier molecular flexibility index (Phi) is 4.49. The minimum atomic E-state index is 0. The van der Waals surface area contributed by atoms with Gasteiger partial charge in [0.15, 0.2) is 0 Å². The van der Waals surface area contributed by atoms with Gasteiger partial charge >= 0.3 is 0 Å². The average Bonchev–Trinajstić information content (AvgIpc) is 2.16. The fourth-order valence-electron chi connectivity index (χ4n) is 1.62. The van der Waals surface area contributed by atoms with Crippen LogP contribution in [0.25, 0.3) is 0 Å². The molecule has 1 aliphatic rings. The second-order valence-electron chi connectivity index (χ2n) is 3.11. The third-order valence-electron chi connectivity index (χ3n) is 2.24. The highest BCUT2D eigenvalue weighted by Crippen LogP contribution is 2.29. The molecular weight excluding hydrogens is 192 g/mol. The quantitative estimate of drug-likeness (QED) is 0.717. The van der Waals surface area contributed by atoms with Gasteiger partial charge in [-0.3, -0.25) is 0 Å². The topological polar surface area (TPSA) is 52.0 Å². The van der Waals surface area contributed by atoms with E-state index >= 15 is 0 Å². The van der Waals surface area contributed by atoms with E-state index in [1.54, 1.807) is 0 Å². The van der Waals surface area contributed by atoms with Crippen molar-refractivity contribution in [3.63, 3.8) is 0 Å². The first-order valence-electron chi connectivity index (χ1n) is 3.76. The normalized spacial score (nSPS) is 22.2. The molecule has 10 heavy (non-hydrogen) atoms. The van der Waals surface area contributed by atoms with Crippen LogP contribution in [0.1, 0.15) is 32.1 Å². The first-order valence-corrected chi connectivity index (χ1v) is 3.76. The summed E-state index contributed by atoms with van der Waals surface area (Å²) in [4.78, 5) is 0. The Labute approximate surface area is 73.1 Å². The molecule has 0 aliphatic heterocycles. The Hall–Kier alpha value is 0.400. The molecule has 0 amide bonds. The summed E-state index contributed by atoms with van der Waals surface area (Å²) < 4.78 is 0. The Morgan fingerprint density at radius 3 is 2.10 bits per heavy atom. The van der Waals surface area contributed by atoms with Gasteiger partial charge in [0.2, 0.25) is 0 Å². The summed E-state index contributed by atoms with van der Waals surface area (Å²) in [5.74, 6) is 0. The Morgan fingerprint density at radius 2 is 1.70 bits per heavy atom. The molecule has 0 aromatic carbocycles. The average molecular weight is 209 g/mol. The summed E-state index contributed by atoms with van der Waals surface area (Å²) in [5.41, 5.74) is 11.5. The van der Waals surface area contributed by atoms with Crippen LogP contribution in [0, 0.1) is 0 Å². The van der Waals surface area contributed by atoms with Gasteiger partial charge in [0.05, 0.1) is 0 Å². The van der Waals surface area contributed by atoms with Gasteiger partial charge < -0.3 is 11.5 Å². The standard InChI is InChI=1S/C7H16N2.BrH/c8-6-5-7(9)3-1-2-4-7;/h1-6,8-9H2;1H. The number of halogens is 1. The van der Waals surface area contributed by atoms with Gasteiger partial charge in [0.1, 0.15) is 0 Å². The molecule has 2 nitrogen and oxygen atoms in total. The molecule has 4 N–H and O–H groups in total. The summed E-state index contributed by atoms with van der Waals surface area (Å²) in [6.45, 7) is 0.747. The third kappa shape index (κ3) is 2.56. The molecule has 1 saturated carbocycles. The van der Waals surface area contributed by atoms with Gasteiger partial charge in [0, 0.05) is 5.54 Å². The molecule has 1 aliphatic carbocycles. The number of hydrogen-bond donors (Lipinski definition) is 2. The van der Waals surface area contributed by atoms with Crippen molar-refractivity contribution in [3.05, 3.63) is 0 Å². The van der Waals surface area contributed by atoms with Gasteiger partial charge in [-0.1, -0.05) is 12.8 Å². The first-order chi connectivity index (χ1) is 4.27. The molecule has 0 aromatic heterocycles. The van der Waals surface area contributed by atoms with Gasteiger partial charge in [0.25, 0.3) is 0 Å². The molecule has 0 aromatic rings. The van der Waals surface area contributed by atoms with E-state index in [1.807, 2.05) is 0 Å². The van der Waals surface area contributed by atoms with Crippen LogP contribution in [-0.2, 0) is 0 Å². The van der Waals surface area contributed by atoms with Gasteiger partial charge in [-0.15, -0.1) is 17.0 Å². The van der Waals surface area contributed by atoms with E-state index in [-0.39, 0.29) is 22.5 Å². The van der Waals surface area contributed by atoms with Gasteiger partial charge in [-0.25, -0.2) is 0 Å². The highest BCUT2D eigenvalue weighted by molar-refractivity contribution is 8.93. The molecule has 0 atom stereocenters. The van der Waals surface area contributed by atoms with Crippen molar-refractivity contribution in [3.8, 4) is 0 Å². The van der Waals surface area contributed by atoms with Crippen molar-refractivity contribution in [1.29, 1.82) is 0 Å². The molecule has 0 radical (unpaired) electrons. The zero-order valence-corrected chi connectivity index (χ0v) is 8.02. The van der Waals surface area contributed by atoms with E-state index in [1.165, 1.54) is 25.7 Å². The van der Waals surface area contributed by atoms with E-state index in [2.05, 4.69) is 0 Å². The van der Waals surface area contributed by atoms with E-state index in [0.29, 0.717) is 0 Å². The third-order valence-corrected chi connectivity index (χ3v) is 2.24. The van der Waals surface area contributed by atoms with Crippen molar-refractivity contribution in [1.82, 2.24) is 0 Å². The molecule has 0 unspecified atom stereocenters. The largest absolute Gasteiger partial charge is 0.330 e. The van der Waals surface area contributed by atoms with Gasteiger partial charge in [-0.2, -0.15) is 0 Å². The lowest BCUT2D eigenvalue weighted by Gasteiger charge is -2.21. The molecule has 62 valence electrons. The molecule has 0 heterocycles. The molecule has 0 saturated heterocycles. The Balaban J connectivity index is 0.000000810. The maximum absolute atomic E-state index is 5.99. The van der Waals surface area contributed by atoms with Crippen LogP contribution in [0.3, 0.4) is 0 Å². The van der Waals surface area contributed by atoms with Gasteiger partial charge in [-0.05, 0) is 25.8 Å². The zero-order valence-electron chi connectivity index (χ0n) is 6.31. The molecule has 1 rings (SSSR count). The Bertz CT molecular complexity index is 89.6. The van der Waals surface area contributed by atoms with Crippen molar-refractivity contribution in [2.24, 2.45) is 11.5 Å². The van der Waals surface area contributed by atoms with Crippen LogP contribution in [-0.4, -0.2) is 12.1 Å². The summed E-state index contributed by atoms with van der Waals surface area (Å²) in [6, 6.07) is 0. The summed E-state index contributed by atoms with van der Waals surface area (Å²) in [7, 11) is 0. The molecular formula is C7H17BrN2. The second-order valence-corrected chi connectivity index (χ2v) is 3.11. The van der Waals surface area contributed by atoms with Crippen LogP contribution < -0.4 is 11.5 Å². The minimum Gasteiger partial charge on any atom is -0.330 e. The van der Waals surface area contributed by atoms with Crippen LogP contribution in [0.5, 0.6) is 0 Å². The molecule has 0 bridgehead atoms. The molecule has 3 heteroatoms. The summed E-state index contributed by atoms with van der Waals surface area (Å²) in [6.07, 6.45) is 5.98. The van der Waals surface area contributed by atoms with Crippen LogP contribution in [0.2, 0.25) is 0 Å². The predicted octanol–water partition coefficient (Wildman–Crippen LogP) is 1.18. The monoisotopic (exact) mass is 208 g/mol. The number of nitrogens with two attached hydrogens (primary N) is 2. The highest BCUT2D eigenvalue weighted by atomic mass is 79.9. The fourth-order valence-corrected chi connectivity index (χ4v) is 1.62. The minimum absolute atomic E-state index is 0. The van der Waals surface area contributed by atoms with E-state index in [4.69, 9.17) is 11.5 Å². The van der Waals surface area contributed by atoms with Crippen LogP contribution in [0.4, 0.5) is 0 Å². The Morgan fingerprint density at radius 1 is 1.20 bits per heavy atom. The van der Waals surface area contributed by atoms with E-state index in [0.717, 1.165) is 13.0 Å². The highest BCUT2D eigenvalue weighted by Gasteiger charge is 2.27. The second kappa shape index (κ2) is 4.31. The number of hydrogen-bond acceptors (Lipinski definition) is 2. The van der Waals surface area contributed by atoms with Crippen molar-refractivity contribution >= 4 is 17.0 Å². The smallest absolute Gasteiger partial charge is 0.0166 e. The first kappa shape index (κ1) is 10.4. The van der Waals surface area contributed by atoms with Crippen molar-refractivity contribution < 1.29 is 0 Å². The lowest BCUT2D eigenvalue weighted by molar-refractivity contribution is 0.412. The molecule has 0 spiro atoms. The predicted molar refractivity (Wildman–Crippen MR) is 49.4 cm³/mol. The molecule has 1 fully saturated rings. The maximum Gasteiger partial charge on any atom is 0.0166 e. The fraction of sp³-hybridized carbons (Fsp3) is 1.00. The lowest BCUT2D eigenvalue weighted by atomic mass is 9.95. The number of rotatable bonds is 2.